The van der Waals surface area contributed by atoms with Gasteiger partial charge in [0.1, 0.15) is 15.8 Å². The van der Waals surface area contributed by atoms with Gasteiger partial charge in [-0.3, -0.25) is 14.5 Å². The molecule has 1 aliphatic rings. The predicted octanol–water partition coefficient (Wildman–Crippen LogP) is 6.56. The van der Waals surface area contributed by atoms with E-state index in [-0.39, 0.29) is 11.8 Å². The van der Waals surface area contributed by atoms with Crippen molar-refractivity contribution in [1.29, 1.82) is 0 Å². The molecule has 1 fully saturated rings. The molecule has 0 unspecified atom stereocenters. The van der Waals surface area contributed by atoms with Crippen LogP contribution in [0.2, 0.25) is 0 Å². The highest BCUT2D eigenvalue weighted by Crippen LogP contribution is 2.33. The van der Waals surface area contributed by atoms with Crippen molar-refractivity contribution in [3.63, 3.8) is 0 Å². The molecular weight excluding hydrogens is 488 g/mol. The minimum absolute atomic E-state index is 0.0471. The number of thioether (sulfide) groups is 1. The number of ether oxygens (including phenoxy) is 1. The van der Waals surface area contributed by atoms with E-state index in [9.17, 15) is 9.59 Å². The summed E-state index contributed by atoms with van der Waals surface area (Å²) in [7, 11) is 0. The Hall–Kier alpha value is -3.42. The minimum atomic E-state index is -0.0695. The third-order valence-corrected chi connectivity index (χ3v) is 7.00. The van der Waals surface area contributed by atoms with Crippen molar-refractivity contribution in [3.05, 3.63) is 101 Å². The van der Waals surface area contributed by atoms with Crippen LogP contribution in [0.5, 0.6) is 11.5 Å². The molecule has 0 spiro atoms. The van der Waals surface area contributed by atoms with Crippen molar-refractivity contribution < 1.29 is 14.3 Å². The lowest BCUT2D eigenvalue weighted by atomic mass is 10.1. The van der Waals surface area contributed by atoms with Crippen LogP contribution in [0.25, 0.3) is 6.08 Å². The third-order valence-electron chi connectivity index (χ3n) is 5.63. The van der Waals surface area contributed by atoms with E-state index in [4.69, 9.17) is 17.0 Å². The van der Waals surface area contributed by atoms with Crippen molar-refractivity contribution >= 4 is 46.2 Å². The highest BCUT2D eigenvalue weighted by Gasteiger charge is 2.31. The maximum absolute atomic E-state index is 12.9. The molecule has 1 aliphatic heterocycles. The second-order valence-electron chi connectivity index (χ2n) is 8.39. The number of amides is 2. The second kappa shape index (κ2) is 13.0. The summed E-state index contributed by atoms with van der Waals surface area (Å²) in [6.45, 7) is 1.11. The quantitative estimate of drug-likeness (QED) is 0.178. The number of hydrogen-bond acceptors (Lipinski definition) is 5. The highest BCUT2D eigenvalue weighted by atomic mass is 32.2. The molecule has 1 N–H and O–H groups in total. The van der Waals surface area contributed by atoms with E-state index in [1.54, 1.807) is 4.90 Å². The number of carbonyl (C=O) groups is 2. The lowest BCUT2D eigenvalue weighted by Crippen LogP contribution is -2.29. The Morgan fingerprint density at radius 3 is 2.42 bits per heavy atom. The SMILES string of the molecule is O=C(CCCCCN1C(=O)/C(=C/c2cccc(Oc3ccccc3)c2)SC1=S)NCc1ccccc1. The van der Waals surface area contributed by atoms with Gasteiger partial charge in [0.05, 0.1) is 4.91 Å². The summed E-state index contributed by atoms with van der Waals surface area (Å²) in [6.07, 6.45) is 4.76. The van der Waals surface area contributed by atoms with Crippen LogP contribution < -0.4 is 10.1 Å². The molecule has 4 rings (SSSR count). The second-order valence-corrected chi connectivity index (χ2v) is 10.1. The topological polar surface area (TPSA) is 58.6 Å². The molecule has 0 saturated carbocycles. The van der Waals surface area contributed by atoms with Crippen LogP contribution >= 0.6 is 24.0 Å². The Morgan fingerprint density at radius 1 is 0.917 bits per heavy atom. The molecule has 0 aromatic heterocycles. The number of hydrogen-bond donors (Lipinski definition) is 1. The van der Waals surface area contributed by atoms with Crippen LogP contribution in [0.1, 0.15) is 36.8 Å². The molecule has 0 bridgehead atoms. The number of thiocarbonyl (C=S) groups is 1. The number of carbonyl (C=O) groups excluding carboxylic acids is 2. The van der Waals surface area contributed by atoms with Gasteiger partial charge in [-0.05, 0) is 54.3 Å². The van der Waals surface area contributed by atoms with Gasteiger partial charge < -0.3 is 10.1 Å². The van der Waals surface area contributed by atoms with Crippen LogP contribution in [0.4, 0.5) is 0 Å². The lowest BCUT2D eigenvalue weighted by molar-refractivity contribution is -0.123. The molecular formula is C29H28N2O3S2. The van der Waals surface area contributed by atoms with Gasteiger partial charge in [-0.2, -0.15) is 0 Å². The van der Waals surface area contributed by atoms with E-state index in [1.807, 2.05) is 91.0 Å². The molecule has 1 saturated heterocycles. The first kappa shape index (κ1) is 25.7. The normalized spacial score (nSPS) is 14.3. The van der Waals surface area contributed by atoms with Crippen molar-refractivity contribution in [2.45, 2.75) is 32.2 Å². The van der Waals surface area contributed by atoms with Gasteiger partial charge in [0.25, 0.3) is 5.91 Å². The number of nitrogens with zero attached hydrogens (tertiary/aromatic N) is 1. The van der Waals surface area contributed by atoms with Gasteiger partial charge in [0.15, 0.2) is 0 Å². The molecule has 0 atom stereocenters. The van der Waals surface area contributed by atoms with Crippen LogP contribution in [0, 0.1) is 0 Å². The largest absolute Gasteiger partial charge is 0.457 e. The zero-order valence-corrected chi connectivity index (χ0v) is 21.5. The van der Waals surface area contributed by atoms with E-state index < -0.39 is 0 Å². The lowest BCUT2D eigenvalue weighted by Gasteiger charge is -2.14. The first-order valence-electron chi connectivity index (χ1n) is 12.0. The Morgan fingerprint density at radius 2 is 1.64 bits per heavy atom. The first-order chi connectivity index (χ1) is 17.6. The average Bonchev–Trinajstić information content (AvgIpc) is 3.16. The minimum Gasteiger partial charge on any atom is -0.457 e. The average molecular weight is 517 g/mol. The van der Waals surface area contributed by atoms with Crippen LogP contribution in [0.15, 0.2) is 89.8 Å². The summed E-state index contributed by atoms with van der Waals surface area (Å²) in [4.78, 5) is 27.3. The maximum Gasteiger partial charge on any atom is 0.266 e. The predicted molar refractivity (Wildman–Crippen MR) is 150 cm³/mol. The molecule has 184 valence electrons. The number of unbranched alkanes of at least 4 members (excludes halogenated alkanes) is 2. The summed E-state index contributed by atoms with van der Waals surface area (Å²) in [5, 5.41) is 2.95. The van der Waals surface area contributed by atoms with Gasteiger partial charge >= 0.3 is 0 Å². The Balaban J connectivity index is 1.22. The number of nitrogens with one attached hydrogen (secondary N) is 1. The molecule has 0 aliphatic carbocycles. The Bertz CT molecular complexity index is 1230. The van der Waals surface area contributed by atoms with E-state index in [1.165, 1.54) is 11.8 Å². The number of rotatable bonds is 11. The van der Waals surface area contributed by atoms with Crippen molar-refractivity contribution in [3.8, 4) is 11.5 Å². The monoisotopic (exact) mass is 516 g/mol. The summed E-state index contributed by atoms with van der Waals surface area (Å²) < 4.78 is 6.47. The summed E-state index contributed by atoms with van der Waals surface area (Å²) in [6, 6.07) is 27.1. The molecule has 3 aromatic carbocycles. The van der Waals surface area contributed by atoms with Gasteiger partial charge in [-0.25, -0.2) is 0 Å². The molecule has 0 radical (unpaired) electrons. The molecule has 3 aromatic rings. The summed E-state index contributed by atoms with van der Waals surface area (Å²) in [5.74, 6) is 1.44. The van der Waals surface area contributed by atoms with E-state index >= 15 is 0 Å². The smallest absolute Gasteiger partial charge is 0.266 e. The molecule has 5 nitrogen and oxygen atoms in total. The van der Waals surface area contributed by atoms with Gasteiger partial charge in [0.2, 0.25) is 5.91 Å². The molecule has 2 amide bonds. The Kier molecular flexibility index (Phi) is 9.30. The van der Waals surface area contributed by atoms with E-state index in [2.05, 4.69) is 5.32 Å². The van der Waals surface area contributed by atoms with Crippen molar-refractivity contribution in [2.24, 2.45) is 0 Å². The van der Waals surface area contributed by atoms with Crippen LogP contribution in [0.3, 0.4) is 0 Å². The molecule has 7 heteroatoms. The summed E-state index contributed by atoms with van der Waals surface area (Å²) >= 11 is 6.79. The number of para-hydroxylation sites is 1. The fourth-order valence-corrected chi connectivity index (χ4v) is 5.06. The Labute approximate surface area is 221 Å². The van der Waals surface area contributed by atoms with Crippen molar-refractivity contribution in [2.75, 3.05) is 6.54 Å². The van der Waals surface area contributed by atoms with Crippen molar-refractivity contribution in [1.82, 2.24) is 10.2 Å². The fourth-order valence-electron chi connectivity index (χ4n) is 3.75. The maximum atomic E-state index is 12.9. The fraction of sp³-hybridized carbons (Fsp3) is 0.207. The third kappa shape index (κ3) is 7.54. The standard InChI is InChI=1S/C29H28N2O3S2/c32-27(30-21-22-11-4-1-5-12-22)17-8-3-9-18-31-28(33)26(36-29(31)35)20-23-13-10-16-25(19-23)34-24-14-6-2-7-15-24/h1-2,4-7,10-16,19-20H,3,8-9,17-18,21H2,(H,30,32)/b26-20-. The first-order valence-corrected chi connectivity index (χ1v) is 13.2. The zero-order valence-electron chi connectivity index (χ0n) is 19.9. The van der Waals surface area contributed by atoms with Gasteiger partial charge in [-0.15, -0.1) is 0 Å². The molecule has 1 heterocycles. The van der Waals surface area contributed by atoms with E-state index in [0.29, 0.717) is 34.5 Å². The molecule has 36 heavy (non-hydrogen) atoms. The van der Waals surface area contributed by atoms with E-state index in [0.717, 1.165) is 36.1 Å². The summed E-state index contributed by atoms with van der Waals surface area (Å²) in [5.41, 5.74) is 1.97. The van der Waals surface area contributed by atoms with Crippen LogP contribution in [-0.4, -0.2) is 27.6 Å². The van der Waals surface area contributed by atoms with Crippen LogP contribution in [-0.2, 0) is 16.1 Å². The number of benzene rings is 3. The zero-order chi connectivity index (χ0) is 25.2. The van der Waals surface area contributed by atoms with Gasteiger partial charge in [0, 0.05) is 19.5 Å². The van der Waals surface area contributed by atoms with Gasteiger partial charge in [-0.1, -0.05) is 91.1 Å². The highest BCUT2D eigenvalue weighted by molar-refractivity contribution is 8.26.